The number of hydrogen-bond acceptors (Lipinski definition) is 7. The third kappa shape index (κ3) is 4.38. The molecule has 2 aromatic rings. The van der Waals surface area contributed by atoms with Gasteiger partial charge in [0.15, 0.2) is 4.90 Å². The quantitative estimate of drug-likeness (QED) is 0.311. The molecule has 0 aliphatic rings. The van der Waals surface area contributed by atoms with E-state index in [0.29, 0.717) is 18.2 Å². The third-order valence-corrected chi connectivity index (χ3v) is 4.61. The zero-order chi connectivity index (χ0) is 20.4. The van der Waals surface area contributed by atoms with Gasteiger partial charge in [0, 0.05) is 6.07 Å². The lowest BCUT2D eigenvalue weighted by Gasteiger charge is -2.15. The van der Waals surface area contributed by atoms with E-state index >= 15 is 0 Å². The highest BCUT2D eigenvalue weighted by molar-refractivity contribution is 7.87. The van der Waals surface area contributed by atoms with Crippen LogP contribution in [0.5, 0.6) is 0 Å². The van der Waals surface area contributed by atoms with Crippen LogP contribution in [0.4, 0.5) is 18.9 Å². The summed E-state index contributed by atoms with van der Waals surface area (Å²) in [6, 6.07) is 7.78. The van der Waals surface area contributed by atoms with Gasteiger partial charge in [-0.2, -0.15) is 25.8 Å². The topological polar surface area (TPSA) is 130 Å². The van der Waals surface area contributed by atoms with Crippen molar-refractivity contribution < 1.29 is 35.6 Å². The van der Waals surface area contributed by atoms with Crippen LogP contribution in [0, 0.1) is 20.2 Å². The average Bonchev–Trinajstić information content (AvgIpc) is 2.58. The summed E-state index contributed by atoms with van der Waals surface area (Å²) in [6.07, 6.45) is -7.67. The number of alkyl halides is 3. The first-order valence-corrected chi connectivity index (χ1v) is 8.32. The number of nitro groups is 2. The van der Waals surface area contributed by atoms with E-state index in [4.69, 9.17) is 0 Å². The second-order valence-electron chi connectivity index (χ2n) is 5.01. The molecule has 0 aliphatic carbocycles. The molecule has 13 heteroatoms. The Labute approximate surface area is 149 Å². The molecule has 27 heavy (non-hydrogen) atoms. The molecule has 0 fully saturated rings. The Balaban J connectivity index is 2.65. The van der Waals surface area contributed by atoms with Crippen molar-refractivity contribution in [1.29, 1.82) is 0 Å². The Morgan fingerprint density at radius 3 is 2.04 bits per heavy atom. The van der Waals surface area contributed by atoms with Gasteiger partial charge in [-0.05, 0) is 18.2 Å². The van der Waals surface area contributed by atoms with Gasteiger partial charge in [0.25, 0.3) is 5.69 Å². The summed E-state index contributed by atoms with van der Waals surface area (Å²) in [6.45, 7) is 0. The van der Waals surface area contributed by atoms with Crippen molar-refractivity contribution in [3.63, 3.8) is 0 Å². The van der Waals surface area contributed by atoms with Crippen molar-refractivity contribution in [3.8, 4) is 0 Å². The minimum absolute atomic E-state index is 0.279. The van der Waals surface area contributed by atoms with Gasteiger partial charge in [-0.3, -0.25) is 20.2 Å². The van der Waals surface area contributed by atoms with Crippen LogP contribution in [0.25, 0.3) is 0 Å². The SMILES string of the molecule is O=[N+]([O-])c1cccc(C(F)(F)F)c1S(=O)(=O)OC(c1ccccc1)[N+](=O)[O-]. The summed E-state index contributed by atoms with van der Waals surface area (Å²) in [5.74, 6) is 0. The van der Waals surface area contributed by atoms with Crippen LogP contribution in [0.2, 0.25) is 0 Å². The van der Waals surface area contributed by atoms with Crippen LogP contribution >= 0.6 is 0 Å². The van der Waals surface area contributed by atoms with Gasteiger partial charge in [-0.1, -0.05) is 24.3 Å². The summed E-state index contributed by atoms with van der Waals surface area (Å²) in [4.78, 5) is 17.9. The Morgan fingerprint density at radius 2 is 1.56 bits per heavy atom. The summed E-state index contributed by atoms with van der Waals surface area (Å²) in [5, 5.41) is 22.2. The molecule has 0 radical (unpaired) electrons. The van der Waals surface area contributed by atoms with Crippen LogP contribution in [-0.2, 0) is 20.5 Å². The lowest BCUT2D eigenvalue weighted by atomic mass is 10.2. The number of nitrogens with zero attached hydrogens (tertiary/aromatic N) is 2. The lowest BCUT2D eigenvalue weighted by molar-refractivity contribution is -0.570. The largest absolute Gasteiger partial charge is 0.418 e. The number of hydrogen-bond donors (Lipinski definition) is 0. The standard InChI is InChI=1S/C14H9F3N2O7S/c15-14(16,17)10-7-4-8-11(18(20)21)12(10)27(24,25)26-13(19(22)23)9-5-2-1-3-6-9/h1-8,13H. The molecule has 0 N–H and O–H groups in total. The molecule has 1 unspecified atom stereocenters. The fraction of sp³-hybridized carbons (Fsp3) is 0.143. The molecular formula is C14H9F3N2O7S. The predicted molar refractivity (Wildman–Crippen MR) is 82.5 cm³/mol. The molecular weight excluding hydrogens is 397 g/mol. The zero-order valence-corrected chi connectivity index (χ0v) is 13.8. The van der Waals surface area contributed by atoms with Gasteiger partial charge < -0.3 is 0 Å². The average molecular weight is 406 g/mol. The van der Waals surface area contributed by atoms with Crippen molar-refractivity contribution in [1.82, 2.24) is 0 Å². The van der Waals surface area contributed by atoms with Crippen LogP contribution < -0.4 is 0 Å². The number of rotatable bonds is 6. The maximum Gasteiger partial charge on any atom is 0.418 e. The Bertz CT molecular complexity index is 978. The molecule has 0 bridgehead atoms. The molecule has 9 nitrogen and oxygen atoms in total. The monoisotopic (exact) mass is 406 g/mol. The van der Waals surface area contributed by atoms with Crippen LogP contribution in [0.15, 0.2) is 53.4 Å². The van der Waals surface area contributed by atoms with Gasteiger partial charge in [0.2, 0.25) is 0 Å². The molecule has 2 aromatic carbocycles. The highest BCUT2D eigenvalue weighted by Crippen LogP contribution is 2.40. The lowest BCUT2D eigenvalue weighted by Crippen LogP contribution is -2.22. The molecule has 0 spiro atoms. The van der Waals surface area contributed by atoms with Gasteiger partial charge in [-0.15, -0.1) is 0 Å². The first-order valence-electron chi connectivity index (χ1n) is 6.91. The first kappa shape index (κ1) is 20.3. The molecule has 0 saturated heterocycles. The van der Waals surface area contributed by atoms with Crippen LogP contribution in [-0.4, -0.2) is 18.3 Å². The van der Waals surface area contributed by atoms with Crippen LogP contribution in [0.1, 0.15) is 17.4 Å². The molecule has 1 atom stereocenters. The van der Waals surface area contributed by atoms with E-state index in [1.807, 2.05) is 0 Å². The van der Waals surface area contributed by atoms with E-state index in [9.17, 15) is 41.8 Å². The normalized spacial score (nSPS) is 13.1. The maximum absolute atomic E-state index is 13.2. The minimum Gasteiger partial charge on any atom is -0.261 e. The van der Waals surface area contributed by atoms with E-state index < -0.39 is 48.5 Å². The highest BCUT2D eigenvalue weighted by atomic mass is 32.2. The second kappa shape index (κ2) is 7.28. The smallest absolute Gasteiger partial charge is 0.261 e. The number of nitro benzene ring substituents is 1. The highest BCUT2D eigenvalue weighted by Gasteiger charge is 2.44. The van der Waals surface area contributed by atoms with E-state index in [0.717, 1.165) is 12.1 Å². The molecule has 0 saturated carbocycles. The van der Waals surface area contributed by atoms with Gasteiger partial charge in [-0.25, -0.2) is 0 Å². The van der Waals surface area contributed by atoms with Crippen molar-refractivity contribution in [2.75, 3.05) is 0 Å². The Kier molecular flexibility index (Phi) is 5.46. The first-order chi connectivity index (χ1) is 12.4. The fourth-order valence-corrected chi connectivity index (χ4v) is 3.52. The summed E-state index contributed by atoms with van der Waals surface area (Å²) < 4.78 is 68.6. The van der Waals surface area contributed by atoms with Crippen molar-refractivity contribution in [2.45, 2.75) is 17.3 Å². The molecule has 0 aliphatic heterocycles. The van der Waals surface area contributed by atoms with Crippen LogP contribution in [0.3, 0.4) is 0 Å². The Morgan fingerprint density at radius 1 is 0.963 bits per heavy atom. The van der Waals surface area contributed by atoms with E-state index in [2.05, 4.69) is 4.18 Å². The van der Waals surface area contributed by atoms with Crippen molar-refractivity contribution >= 4 is 15.8 Å². The summed E-state index contributed by atoms with van der Waals surface area (Å²) >= 11 is 0. The predicted octanol–water partition coefficient (Wildman–Crippen LogP) is 3.29. The van der Waals surface area contributed by atoms with E-state index in [1.54, 1.807) is 0 Å². The second-order valence-corrected chi connectivity index (χ2v) is 6.52. The van der Waals surface area contributed by atoms with E-state index in [1.165, 1.54) is 18.2 Å². The fourth-order valence-electron chi connectivity index (χ4n) is 2.15. The molecule has 0 amide bonds. The minimum atomic E-state index is -5.55. The number of benzene rings is 2. The molecule has 2 rings (SSSR count). The van der Waals surface area contributed by atoms with Gasteiger partial charge in [0.05, 0.1) is 21.0 Å². The zero-order valence-electron chi connectivity index (χ0n) is 13.0. The van der Waals surface area contributed by atoms with Gasteiger partial charge >= 0.3 is 22.5 Å². The molecule has 0 aromatic heterocycles. The summed E-state index contributed by atoms with van der Waals surface area (Å²) in [5.41, 5.74) is -3.56. The summed E-state index contributed by atoms with van der Waals surface area (Å²) in [7, 11) is -5.55. The van der Waals surface area contributed by atoms with Crippen molar-refractivity contribution in [3.05, 3.63) is 79.9 Å². The van der Waals surface area contributed by atoms with Crippen molar-refractivity contribution in [2.24, 2.45) is 0 Å². The molecule has 144 valence electrons. The van der Waals surface area contributed by atoms with E-state index in [-0.39, 0.29) is 5.56 Å². The third-order valence-electron chi connectivity index (χ3n) is 3.24. The number of halogens is 3. The molecule has 0 heterocycles. The Hall–Kier alpha value is -3.06. The van der Waals surface area contributed by atoms with Gasteiger partial charge in [0.1, 0.15) is 0 Å². The maximum atomic E-state index is 13.2.